The Bertz CT molecular complexity index is 626. The van der Waals surface area contributed by atoms with Gasteiger partial charge in [0.25, 0.3) is 0 Å². The molecule has 98 valence electrons. The first-order valence-electron chi connectivity index (χ1n) is 6.40. The first-order chi connectivity index (χ1) is 9.08. The molecular formula is C16H15ClFN. The van der Waals surface area contributed by atoms with Crippen molar-refractivity contribution in [2.75, 3.05) is 0 Å². The van der Waals surface area contributed by atoms with Gasteiger partial charge < -0.3 is 5.73 Å². The molecule has 3 rings (SSSR count). The number of aryl methyl sites for hydroxylation is 1. The maximum absolute atomic E-state index is 14.1. The topological polar surface area (TPSA) is 26.0 Å². The normalized spacial score (nSPS) is 22.1. The highest BCUT2D eigenvalue weighted by atomic mass is 35.5. The summed E-state index contributed by atoms with van der Waals surface area (Å²) in [7, 11) is 0. The molecule has 1 aliphatic carbocycles. The zero-order valence-electron chi connectivity index (χ0n) is 10.5. The summed E-state index contributed by atoms with van der Waals surface area (Å²) in [4.78, 5) is 0. The summed E-state index contributed by atoms with van der Waals surface area (Å²) < 4.78 is 14.1. The van der Waals surface area contributed by atoms with Gasteiger partial charge in [0.05, 0.1) is 0 Å². The van der Waals surface area contributed by atoms with Gasteiger partial charge in [-0.3, -0.25) is 0 Å². The van der Waals surface area contributed by atoms with E-state index in [1.165, 1.54) is 17.2 Å². The van der Waals surface area contributed by atoms with Gasteiger partial charge >= 0.3 is 0 Å². The lowest BCUT2D eigenvalue weighted by atomic mass is 9.74. The second kappa shape index (κ2) is 4.62. The van der Waals surface area contributed by atoms with Crippen LogP contribution in [0.2, 0.25) is 5.02 Å². The molecule has 0 heterocycles. The Hall–Kier alpha value is -1.38. The molecule has 0 saturated carbocycles. The van der Waals surface area contributed by atoms with E-state index >= 15 is 0 Å². The molecule has 0 aromatic heterocycles. The summed E-state index contributed by atoms with van der Waals surface area (Å²) >= 11 is 5.80. The zero-order valence-corrected chi connectivity index (χ0v) is 11.3. The van der Waals surface area contributed by atoms with Crippen LogP contribution in [0.1, 0.15) is 23.1 Å². The molecule has 1 aliphatic rings. The van der Waals surface area contributed by atoms with E-state index in [4.69, 9.17) is 17.3 Å². The minimum Gasteiger partial charge on any atom is -0.321 e. The molecule has 0 spiro atoms. The van der Waals surface area contributed by atoms with E-state index in [0.29, 0.717) is 17.0 Å². The van der Waals surface area contributed by atoms with Gasteiger partial charge in [0.2, 0.25) is 0 Å². The lowest BCUT2D eigenvalue weighted by Gasteiger charge is -2.35. The number of hydrogen-bond acceptors (Lipinski definition) is 1. The SMILES string of the molecule is NC1(c2ccc(Cl)cc2F)CCc2ccccc2C1. The second-order valence-electron chi connectivity index (χ2n) is 5.23. The van der Waals surface area contributed by atoms with Crippen molar-refractivity contribution in [3.05, 3.63) is 70.0 Å². The molecule has 0 amide bonds. The van der Waals surface area contributed by atoms with Crippen LogP contribution in [-0.4, -0.2) is 0 Å². The Balaban J connectivity index is 2.01. The third kappa shape index (κ3) is 2.26. The molecule has 2 aromatic carbocycles. The average Bonchev–Trinajstić information content (AvgIpc) is 2.38. The van der Waals surface area contributed by atoms with E-state index in [1.54, 1.807) is 12.1 Å². The van der Waals surface area contributed by atoms with Gasteiger partial charge in [-0.05, 0) is 42.5 Å². The van der Waals surface area contributed by atoms with Crippen molar-refractivity contribution >= 4 is 11.6 Å². The summed E-state index contributed by atoms with van der Waals surface area (Å²) in [6.07, 6.45) is 2.30. The van der Waals surface area contributed by atoms with Gasteiger partial charge in [0.15, 0.2) is 0 Å². The van der Waals surface area contributed by atoms with E-state index in [2.05, 4.69) is 12.1 Å². The number of fused-ring (bicyclic) bond motifs is 1. The second-order valence-corrected chi connectivity index (χ2v) is 5.66. The minimum atomic E-state index is -0.636. The lowest BCUT2D eigenvalue weighted by molar-refractivity contribution is 0.368. The standard InChI is InChI=1S/C16H15ClFN/c17-13-5-6-14(15(18)9-13)16(19)8-7-11-3-1-2-4-12(11)10-16/h1-6,9H,7-8,10,19H2. The number of halogens is 2. The maximum Gasteiger partial charge on any atom is 0.129 e. The first kappa shape index (κ1) is 12.6. The molecule has 1 unspecified atom stereocenters. The first-order valence-corrected chi connectivity index (χ1v) is 6.77. The number of nitrogens with two attached hydrogens (primary N) is 1. The Morgan fingerprint density at radius 2 is 1.84 bits per heavy atom. The maximum atomic E-state index is 14.1. The largest absolute Gasteiger partial charge is 0.321 e. The Kier molecular flexibility index (Phi) is 3.08. The highest BCUT2D eigenvalue weighted by Crippen LogP contribution is 2.36. The third-order valence-electron chi connectivity index (χ3n) is 3.93. The average molecular weight is 276 g/mol. The van der Waals surface area contributed by atoms with Crippen molar-refractivity contribution in [1.29, 1.82) is 0 Å². The predicted octanol–water partition coefficient (Wildman–Crippen LogP) is 3.82. The van der Waals surface area contributed by atoms with Gasteiger partial charge in [-0.15, -0.1) is 0 Å². The molecule has 1 atom stereocenters. The van der Waals surface area contributed by atoms with Gasteiger partial charge in [-0.1, -0.05) is 41.9 Å². The molecule has 19 heavy (non-hydrogen) atoms. The summed E-state index contributed by atoms with van der Waals surface area (Å²) in [5.41, 5.74) is 8.92. The quantitative estimate of drug-likeness (QED) is 0.841. The van der Waals surface area contributed by atoms with Crippen molar-refractivity contribution in [3.8, 4) is 0 Å². The number of rotatable bonds is 1. The summed E-state index contributed by atoms with van der Waals surface area (Å²) in [5.74, 6) is -0.311. The molecule has 1 nitrogen and oxygen atoms in total. The van der Waals surface area contributed by atoms with E-state index in [9.17, 15) is 4.39 Å². The fourth-order valence-corrected chi connectivity index (χ4v) is 3.04. The minimum absolute atomic E-state index is 0.311. The summed E-state index contributed by atoms with van der Waals surface area (Å²) in [6.45, 7) is 0. The van der Waals surface area contributed by atoms with Crippen molar-refractivity contribution in [2.45, 2.75) is 24.8 Å². The zero-order chi connectivity index (χ0) is 13.5. The molecule has 0 radical (unpaired) electrons. The molecule has 0 saturated heterocycles. The van der Waals surface area contributed by atoms with E-state index < -0.39 is 5.54 Å². The molecule has 0 fully saturated rings. The highest BCUT2D eigenvalue weighted by Gasteiger charge is 2.34. The van der Waals surface area contributed by atoms with Gasteiger partial charge in [-0.2, -0.15) is 0 Å². The van der Waals surface area contributed by atoms with Gasteiger partial charge in [-0.25, -0.2) is 4.39 Å². The van der Waals surface area contributed by atoms with Crippen LogP contribution in [0, 0.1) is 5.82 Å². The van der Waals surface area contributed by atoms with Crippen LogP contribution < -0.4 is 5.73 Å². The molecule has 3 heteroatoms. The van der Waals surface area contributed by atoms with E-state index in [1.807, 2.05) is 12.1 Å². The monoisotopic (exact) mass is 275 g/mol. The summed E-state index contributed by atoms with van der Waals surface area (Å²) in [5, 5.41) is 0.404. The van der Waals surface area contributed by atoms with Crippen LogP contribution in [0.3, 0.4) is 0 Å². The van der Waals surface area contributed by atoms with Crippen molar-refractivity contribution in [2.24, 2.45) is 5.73 Å². The smallest absolute Gasteiger partial charge is 0.129 e. The lowest BCUT2D eigenvalue weighted by Crippen LogP contribution is -2.42. The van der Waals surface area contributed by atoms with Crippen LogP contribution in [-0.2, 0) is 18.4 Å². The predicted molar refractivity (Wildman–Crippen MR) is 75.7 cm³/mol. The highest BCUT2D eigenvalue weighted by molar-refractivity contribution is 6.30. The van der Waals surface area contributed by atoms with Crippen LogP contribution >= 0.6 is 11.6 Å². The van der Waals surface area contributed by atoms with Crippen LogP contribution in [0.15, 0.2) is 42.5 Å². The van der Waals surface area contributed by atoms with Crippen LogP contribution in [0.4, 0.5) is 4.39 Å². The van der Waals surface area contributed by atoms with Crippen molar-refractivity contribution in [1.82, 2.24) is 0 Å². The van der Waals surface area contributed by atoms with E-state index in [-0.39, 0.29) is 5.82 Å². The molecule has 2 aromatic rings. The molecule has 0 aliphatic heterocycles. The number of benzene rings is 2. The molecule has 2 N–H and O–H groups in total. The fraction of sp³-hybridized carbons (Fsp3) is 0.250. The molecular weight excluding hydrogens is 261 g/mol. The Morgan fingerprint density at radius 3 is 2.58 bits per heavy atom. The van der Waals surface area contributed by atoms with Crippen LogP contribution in [0.5, 0.6) is 0 Å². The Morgan fingerprint density at radius 1 is 1.11 bits per heavy atom. The van der Waals surface area contributed by atoms with Crippen LogP contribution in [0.25, 0.3) is 0 Å². The van der Waals surface area contributed by atoms with Crippen molar-refractivity contribution < 1.29 is 4.39 Å². The summed E-state index contributed by atoms with van der Waals surface area (Å²) in [6, 6.07) is 13.0. The van der Waals surface area contributed by atoms with E-state index in [0.717, 1.165) is 12.8 Å². The Labute approximate surface area is 117 Å². The van der Waals surface area contributed by atoms with Gasteiger partial charge in [0, 0.05) is 16.1 Å². The van der Waals surface area contributed by atoms with Gasteiger partial charge in [0.1, 0.15) is 5.82 Å². The fourth-order valence-electron chi connectivity index (χ4n) is 2.88. The van der Waals surface area contributed by atoms with Crippen molar-refractivity contribution in [3.63, 3.8) is 0 Å². The molecule has 0 bridgehead atoms. The number of hydrogen-bond donors (Lipinski definition) is 1. The third-order valence-corrected chi connectivity index (χ3v) is 4.17.